The fourth-order valence-electron chi connectivity index (χ4n) is 2.86. The highest BCUT2D eigenvalue weighted by Crippen LogP contribution is 2.25. The second kappa shape index (κ2) is 8.44. The number of carboxylic acid groups (broad SMARTS) is 1. The normalized spacial score (nSPS) is 15.1. The number of nitrogens with zero attached hydrogens (tertiary/aromatic N) is 2. The highest BCUT2D eigenvalue weighted by atomic mass is 19.1. The van der Waals surface area contributed by atoms with Crippen molar-refractivity contribution in [2.24, 2.45) is 5.92 Å². The van der Waals surface area contributed by atoms with Gasteiger partial charge in [-0.05, 0) is 48.7 Å². The number of halogens is 1. The fraction of sp³-hybridized carbons (Fsp3) is 0.250. The predicted molar refractivity (Wildman–Crippen MR) is 96.7 cm³/mol. The number of piperidine rings is 1. The molecule has 0 saturated carbocycles. The van der Waals surface area contributed by atoms with Gasteiger partial charge in [0.05, 0.1) is 12.1 Å². The third-order valence-corrected chi connectivity index (χ3v) is 4.39. The highest BCUT2D eigenvalue weighted by Gasteiger charge is 2.25. The molecular formula is C20H19FN2O4. The first-order chi connectivity index (χ1) is 13.0. The average molecular weight is 370 g/mol. The Hall–Kier alpha value is -3.22. The van der Waals surface area contributed by atoms with Crippen LogP contribution in [0, 0.1) is 11.7 Å². The summed E-state index contributed by atoms with van der Waals surface area (Å²) in [6.07, 6.45) is 6.88. The Balaban J connectivity index is 1.59. The van der Waals surface area contributed by atoms with E-state index in [-0.39, 0.29) is 17.6 Å². The Morgan fingerprint density at radius 3 is 2.67 bits per heavy atom. The number of benzene rings is 1. The Labute approximate surface area is 155 Å². The lowest BCUT2D eigenvalue weighted by atomic mass is 9.97. The maximum Gasteiger partial charge on any atom is 0.306 e. The van der Waals surface area contributed by atoms with Gasteiger partial charge in [0.1, 0.15) is 5.75 Å². The van der Waals surface area contributed by atoms with Crippen molar-refractivity contribution in [2.45, 2.75) is 12.8 Å². The van der Waals surface area contributed by atoms with Crippen molar-refractivity contribution in [2.75, 3.05) is 13.1 Å². The number of hydrogen-bond donors (Lipinski definition) is 1. The summed E-state index contributed by atoms with van der Waals surface area (Å²) < 4.78 is 19.6. The summed E-state index contributed by atoms with van der Waals surface area (Å²) in [7, 11) is 0. The number of carbonyl (C=O) groups excluding carboxylic acids is 1. The summed E-state index contributed by atoms with van der Waals surface area (Å²) in [5.41, 5.74) is 0.528. The van der Waals surface area contributed by atoms with E-state index in [9.17, 15) is 14.0 Å². The predicted octanol–water partition coefficient (Wildman–Crippen LogP) is 3.35. The number of hydrogen-bond acceptors (Lipinski definition) is 4. The molecule has 0 spiro atoms. The molecule has 1 amide bonds. The number of carbonyl (C=O) groups is 2. The van der Waals surface area contributed by atoms with Gasteiger partial charge in [0.15, 0.2) is 11.6 Å². The smallest absolute Gasteiger partial charge is 0.306 e. The zero-order valence-electron chi connectivity index (χ0n) is 14.5. The van der Waals surface area contributed by atoms with E-state index >= 15 is 0 Å². The molecule has 6 nitrogen and oxygen atoms in total. The molecule has 1 N–H and O–H groups in total. The van der Waals surface area contributed by atoms with Gasteiger partial charge in [0.25, 0.3) is 0 Å². The van der Waals surface area contributed by atoms with E-state index < -0.39 is 11.8 Å². The molecule has 3 rings (SSSR count). The van der Waals surface area contributed by atoms with Crippen LogP contribution in [-0.4, -0.2) is 40.0 Å². The van der Waals surface area contributed by atoms with E-state index in [2.05, 4.69) is 4.98 Å². The molecule has 1 saturated heterocycles. The van der Waals surface area contributed by atoms with Gasteiger partial charge >= 0.3 is 5.97 Å². The van der Waals surface area contributed by atoms with Crippen molar-refractivity contribution in [3.8, 4) is 11.5 Å². The zero-order valence-corrected chi connectivity index (χ0v) is 14.5. The van der Waals surface area contributed by atoms with Gasteiger partial charge in [-0.3, -0.25) is 14.6 Å². The van der Waals surface area contributed by atoms with Crippen molar-refractivity contribution in [1.29, 1.82) is 0 Å². The first-order valence-corrected chi connectivity index (χ1v) is 8.60. The molecule has 0 bridgehead atoms. The average Bonchev–Trinajstić information content (AvgIpc) is 2.69. The first kappa shape index (κ1) is 18.6. The summed E-state index contributed by atoms with van der Waals surface area (Å²) in [6, 6.07) is 7.79. The largest absolute Gasteiger partial charge is 0.481 e. The Bertz CT molecular complexity index is 846. The number of aromatic nitrogens is 1. The van der Waals surface area contributed by atoms with Crippen LogP contribution < -0.4 is 4.74 Å². The van der Waals surface area contributed by atoms with Crippen LogP contribution in [0.15, 0.2) is 48.8 Å². The summed E-state index contributed by atoms with van der Waals surface area (Å²) in [6.45, 7) is 0.818. The molecule has 1 fully saturated rings. The van der Waals surface area contributed by atoms with Crippen LogP contribution in [0.2, 0.25) is 0 Å². The van der Waals surface area contributed by atoms with Crippen molar-refractivity contribution >= 4 is 18.0 Å². The minimum Gasteiger partial charge on any atom is -0.481 e. The van der Waals surface area contributed by atoms with Crippen LogP contribution in [0.3, 0.4) is 0 Å². The second-order valence-electron chi connectivity index (χ2n) is 6.25. The molecule has 140 valence electrons. The molecule has 0 unspecified atom stereocenters. The number of carboxylic acids is 1. The fourth-order valence-corrected chi connectivity index (χ4v) is 2.86. The number of amides is 1. The van der Waals surface area contributed by atoms with Gasteiger partial charge in [-0.1, -0.05) is 6.07 Å². The molecule has 7 heteroatoms. The third-order valence-electron chi connectivity index (χ3n) is 4.39. The van der Waals surface area contributed by atoms with Gasteiger partial charge < -0.3 is 14.7 Å². The van der Waals surface area contributed by atoms with Crippen LogP contribution in [0.4, 0.5) is 4.39 Å². The Kier molecular flexibility index (Phi) is 5.80. The molecular weight excluding hydrogens is 351 g/mol. The van der Waals surface area contributed by atoms with Gasteiger partial charge in [0.2, 0.25) is 5.91 Å². The molecule has 0 aliphatic carbocycles. The standard InChI is InChI=1S/C20H19FN2O4/c21-17-12-14(3-5-18(17)27-16-2-1-9-22-13-16)4-6-19(24)23-10-7-15(8-11-23)20(25)26/h1-6,9,12-13,15H,7-8,10-11H2,(H,25,26)/b6-4+. The van der Waals surface area contributed by atoms with E-state index in [4.69, 9.17) is 9.84 Å². The molecule has 1 aliphatic heterocycles. The number of aliphatic carboxylic acids is 1. The van der Waals surface area contributed by atoms with Crippen LogP contribution >= 0.6 is 0 Å². The minimum absolute atomic E-state index is 0.0715. The van der Waals surface area contributed by atoms with Crippen LogP contribution in [-0.2, 0) is 9.59 Å². The van der Waals surface area contributed by atoms with Gasteiger partial charge in [-0.25, -0.2) is 4.39 Å². The second-order valence-corrected chi connectivity index (χ2v) is 6.25. The van der Waals surface area contributed by atoms with Crippen molar-refractivity contribution < 1.29 is 23.8 Å². The number of likely N-dealkylation sites (tertiary alicyclic amines) is 1. The molecule has 1 aromatic carbocycles. The quantitative estimate of drug-likeness (QED) is 0.817. The molecule has 1 aliphatic rings. The summed E-state index contributed by atoms with van der Waals surface area (Å²) in [5.74, 6) is -1.46. The van der Waals surface area contributed by atoms with Gasteiger partial charge in [-0.2, -0.15) is 0 Å². The monoisotopic (exact) mass is 370 g/mol. The molecule has 0 radical (unpaired) electrons. The summed E-state index contributed by atoms with van der Waals surface area (Å²) in [5, 5.41) is 8.99. The topological polar surface area (TPSA) is 79.7 Å². The number of ether oxygens (including phenoxy) is 1. The SMILES string of the molecule is O=C(O)C1CCN(C(=O)/C=C/c2ccc(Oc3cccnc3)c(F)c2)CC1. The minimum atomic E-state index is -0.818. The lowest BCUT2D eigenvalue weighted by Crippen LogP contribution is -2.39. The molecule has 2 heterocycles. The van der Waals surface area contributed by atoms with Crippen molar-refractivity contribution in [3.63, 3.8) is 0 Å². The van der Waals surface area contributed by atoms with E-state index in [1.165, 1.54) is 30.5 Å². The van der Waals surface area contributed by atoms with E-state index in [0.29, 0.717) is 37.2 Å². The van der Waals surface area contributed by atoms with E-state index in [1.807, 2.05) is 0 Å². The summed E-state index contributed by atoms with van der Waals surface area (Å²) >= 11 is 0. The van der Waals surface area contributed by atoms with Gasteiger partial charge in [-0.15, -0.1) is 0 Å². The first-order valence-electron chi connectivity index (χ1n) is 8.60. The molecule has 2 aromatic rings. The lowest BCUT2D eigenvalue weighted by molar-refractivity contribution is -0.144. The van der Waals surface area contributed by atoms with Gasteiger partial charge in [0, 0.05) is 25.4 Å². The molecule has 1 aromatic heterocycles. The highest BCUT2D eigenvalue weighted by molar-refractivity contribution is 5.92. The number of rotatable bonds is 5. The maximum absolute atomic E-state index is 14.2. The van der Waals surface area contributed by atoms with E-state index in [0.717, 1.165) is 0 Å². The Morgan fingerprint density at radius 2 is 2.04 bits per heavy atom. The Morgan fingerprint density at radius 1 is 1.26 bits per heavy atom. The number of pyridine rings is 1. The zero-order chi connectivity index (χ0) is 19.2. The van der Waals surface area contributed by atoms with Crippen molar-refractivity contribution in [3.05, 3.63) is 60.2 Å². The van der Waals surface area contributed by atoms with Crippen molar-refractivity contribution in [1.82, 2.24) is 9.88 Å². The maximum atomic E-state index is 14.2. The molecule has 27 heavy (non-hydrogen) atoms. The van der Waals surface area contributed by atoms with Crippen LogP contribution in [0.5, 0.6) is 11.5 Å². The summed E-state index contributed by atoms with van der Waals surface area (Å²) in [4.78, 5) is 28.7. The third kappa shape index (κ3) is 4.91. The van der Waals surface area contributed by atoms with Crippen LogP contribution in [0.25, 0.3) is 6.08 Å². The van der Waals surface area contributed by atoms with E-state index in [1.54, 1.807) is 29.3 Å². The molecule has 0 atom stereocenters. The van der Waals surface area contributed by atoms with Crippen LogP contribution in [0.1, 0.15) is 18.4 Å². The lowest BCUT2D eigenvalue weighted by Gasteiger charge is -2.29.